The summed E-state index contributed by atoms with van der Waals surface area (Å²) in [4.78, 5) is 23.9. The maximum absolute atomic E-state index is 12.8. The number of hydrogen-bond acceptors (Lipinski definition) is 6. The van der Waals surface area contributed by atoms with E-state index in [4.69, 9.17) is 9.47 Å². The van der Waals surface area contributed by atoms with Gasteiger partial charge in [-0.25, -0.2) is 9.97 Å². The van der Waals surface area contributed by atoms with Gasteiger partial charge in [0.2, 0.25) is 5.91 Å². The highest BCUT2D eigenvalue weighted by Crippen LogP contribution is 2.36. The second-order valence-corrected chi connectivity index (χ2v) is 10.5. The third kappa shape index (κ3) is 6.99. The van der Waals surface area contributed by atoms with Gasteiger partial charge in [0.15, 0.2) is 11.5 Å². The highest BCUT2D eigenvalue weighted by molar-refractivity contribution is 5.95. The molecule has 10 heteroatoms. The Morgan fingerprint density at radius 3 is 2.50 bits per heavy atom. The molecule has 220 valence electrons. The van der Waals surface area contributed by atoms with Gasteiger partial charge >= 0.3 is 6.18 Å². The number of anilines is 1. The van der Waals surface area contributed by atoms with Crippen molar-refractivity contribution in [2.45, 2.75) is 32.4 Å². The van der Waals surface area contributed by atoms with Gasteiger partial charge in [-0.15, -0.1) is 0 Å². The van der Waals surface area contributed by atoms with Crippen molar-refractivity contribution in [2.24, 2.45) is 5.92 Å². The number of fused-ring (bicyclic) bond motifs is 1. The number of ether oxygens (including phenoxy) is 2. The summed E-state index contributed by atoms with van der Waals surface area (Å²) in [6.07, 6.45) is -0.657. The van der Waals surface area contributed by atoms with Gasteiger partial charge in [0.05, 0.1) is 36.9 Å². The molecule has 1 unspecified atom stereocenters. The van der Waals surface area contributed by atoms with Crippen LogP contribution in [-0.4, -0.2) is 54.1 Å². The molecule has 2 heterocycles. The topological polar surface area (TPSA) is 76.6 Å². The Morgan fingerprint density at radius 1 is 1.05 bits per heavy atom. The third-order valence-corrected chi connectivity index (χ3v) is 7.53. The van der Waals surface area contributed by atoms with Crippen molar-refractivity contribution in [1.29, 1.82) is 0 Å². The van der Waals surface area contributed by atoms with Crippen LogP contribution in [0.2, 0.25) is 0 Å². The highest BCUT2D eigenvalue weighted by atomic mass is 19.4. The SMILES string of the molecule is CCN1CCCC(COc2cc3c(-c4ccc(NC(=O)Cc5ccc(C(F)(F)F)cc5)cc4)ncnc3cc2OC)C1. The van der Waals surface area contributed by atoms with Crippen LogP contribution in [-0.2, 0) is 17.4 Å². The van der Waals surface area contributed by atoms with E-state index in [0.29, 0.717) is 46.5 Å². The molecule has 1 fully saturated rings. The van der Waals surface area contributed by atoms with Crippen LogP contribution in [0.25, 0.3) is 22.2 Å². The second-order valence-electron chi connectivity index (χ2n) is 10.5. The molecule has 0 aliphatic carbocycles. The van der Waals surface area contributed by atoms with Crippen molar-refractivity contribution < 1.29 is 27.4 Å². The van der Waals surface area contributed by atoms with E-state index in [1.165, 1.54) is 24.9 Å². The third-order valence-electron chi connectivity index (χ3n) is 7.53. The second kappa shape index (κ2) is 12.8. The lowest BCUT2D eigenvalue weighted by Crippen LogP contribution is -2.37. The minimum Gasteiger partial charge on any atom is -0.493 e. The predicted octanol–water partition coefficient (Wildman–Crippen LogP) is 6.62. The van der Waals surface area contributed by atoms with E-state index in [1.54, 1.807) is 19.2 Å². The molecular formula is C32H33F3N4O3. The molecule has 1 N–H and O–H groups in total. The molecule has 42 heavy (non-hydrogen) atoms. The molecule has 4 aromatic rings. The highest BCUT2D eigenvalue weighted by Gasteiger charge is 2.30. The van der Waals surface area contributed by atoms with Crippen molar-refractivity contribution in [1.82, 2.24) is 14.9 Å². The number of piperidine rings is 1. The monoisotopic (exact) mass is 578 g/mol. The first-order valence-corrected chi connectivity index (χ1v) is 14.0. The predicted molar refractivity (Wildman–Crippen MR) is 156 cm³/mol. The van der Waals surface area contributed by atoms with Gasteiger partial charge in [-0.2, -0.15) is 13.2 Å². The normalized spacial score (nSPS) is 15.9. The lowest BCUT2D eigenvalue weighted by molar-refractivity contribution is -0.137. The Bertz CT molecular complexity index is 1530. The van der Waals surface area contributed by atoms with Crippen molar-refractivity contribution in [3.63, 3.8) is 0 Å². The van der Waals surface area contributed by atoms with Gasteiger partial charge in [-0.1, -0.05) is 31.2 Å². The Hall–Kier alpha value is -4.18. The largest absolute Gasteiger partial charge is 0.493 e. The van der Waals surface area contributed by atoms with Gasteiger partial charge < -0.3 is 19.7 Å². The van der Waals surface area contributed by atoms with Gasteiger partial charge in [-0.3, -0.25) is 4.79 Å². The number of aromatic nitrogens is 2. The van der Waals surface area contributed by atoms with E-state index >= 15 is 0 Å². The summed E-state index contributed by atoms with van der Waals surface area (Å²) in [6.45, 7) is 5.98. The average Bonchev–Trinajstić information content (AvgIpc) is 2.99. The Labute approximate surface area is 242 Å². The molecule has 0 bridgehead atoms. The molecule has 1 amide bonds. The van der Waals surface area contributed by atoms with Crippen LogP contribution < -0.4 is 14.8 Å². The summed E-state index contributed by atoms with van der Waals surface area (Å²) in [5, 5.41) is 3.61. The smallest absolute Gasteiger partial charge is 0.416 e. The summed E-state index contributed by atoms with van der Waals surface area (Å²) >= 11 is 0. The van der Waals surface area contributed by atoms with Gasteiger partial charge in [0, 0.05) is 35.2 Å². The van der Waals surface area contributed by atoms with Crippen LogP contribution in [0.4, 0.5) is 18.9 Å². The number of hydrogen-bond donors (Lipinski definition) is 1. The number of halogens is 3. The maximum atomic E-state index is 12.8. The van der Waals surface area contributed by atoms with E-state index in [1.807, 2.05) is 24.3 Å². The van der Waals surface area contributed by atoms with Crippen LogP contribution in [0.3, 0.4) is 0 Å². The van der Waals surface area contributed by atoms with Crippen LogP contribution >= 0.6 is 0 Å². The van der Waals surface area contributed by atoms with Crippen molar-refractivity contribution in [2.75, 3.05) is 38.7 Å². The molecule has 1 saturated heterocycles. The summed E-state index contributed by atoms with van der Waals surface area (Å²) in [7, 11) is 1.61. The van der Waals surface area contributed by atoms with Crippen molar-refractivity contribution in [3.8, 4) is 22.8 Å². The summed E-state index contributed by atoms with van der Waals surface area (Å²) in [5.41, 5.74) is 2.56. The molecule has 1 aliphatic heterocycles. The number of benzene rings is 3. The van der Waals surface area contributed by atoms with Crippen molar-refractivity contribution in [3.05, 3.63) is 78.1 Å². The number of carbonyl (C=O) groups is 1. The fourth-order valence-electron chi connectivity index (χ4n) is 5.26. The van der Waals surface area contributed by atoms with E-state index in [-0.39, 0.29) is 12.3 Å². The lowest BCUT2D eigenvalue weighted by Gasteiger charge is -2.31. The molecule has 0 radical (unpaired) electrons. The molecule has 3 aromatic carbocycles. The van der Waals surface area contributed by atoms with E-state index in [0.717, 1.165) is 49.1 Å². The Morgan fingerprint density at radius 2 is 1.81 bits per heavy atom. The van der Waals surface area contributed by atoms with Gasteiger partial charge in [-0.05, 0) is 61.8 Å². The molecule has 0 saturated carbocycles. The summed E-state index contributed by atoms with van der Waals surface area (Å²) in [6, 6.07) is 15.6. The number of amides is 1. The molecule has 5 rings (SSSR count). The Balaban J connectivity index is 1.29. The molecule has 7 nitrogen and oxygen atoms in total. The summed E-state index contributed by atoms with van der Waals surface area (Å²) < 4.78 is 50.3. The Kier molecular flexibility index (Phi) is 8.91. The molecule has 1 aromatic heterocycles. The quantitative estimate of drug-likeness (QED) is 0.241. The minimum absolute atomic E-state index is 0.0433. The molecular weight excluding hydrogens is 545 g/mol. The zero-order valence-electron chi connectivity index (χ0n) is 23.6. The van der Waals surface area contributed by atoms with Crippen LogP contribution in [0, 0.1) is 5.92 Å². The first-order valence-electron chi connectivity index (χ1n) is 14.0. The van der Waals surface area contributed by atoms with Crippen LogP contribution in [0.15, 0.2) is 67.0 Å². The molecule has 1 atom stereocenters. The van der Waals surface area contributed by atoms with Gasteiger partial charge in [0.1, 0.15) is 6.33 Å². The van der Waals surface area contributed by atoms with Crippen LogP contribution in [0.5, 0.6) is 11.5 Å². The fraction of sp³-hybridized carbons (Fsp3) is 0.344. The lowest BCUT2D eigenvalue weighted by atomic mass is 9.99. The standard InChI is InChI=1S/C32H33F3N4O3/c1-3-39-14-4-5-22(18-39)19-42-29-16-26-27(17-28(29)41-2)36-20-37-31(26)23-8-12-25(13-9-23)38-30(40)15-21-6-10-24(11-7-21)32(33,34)35/h6-13,16-17,20,22H,3-5,14-15,18-19H2,1-2H3,(H,38,40). The number of nitrogens with zero attached hydrogens (tertiary/aromatic N) is 3. The van der Waals surface area contributed by atoms with E-state index in [9.17, 15) is 18.0 Å². The average molecular weight is 579 g/mol. The first-order chi connectivity index (χ1) is 20.2. The number of likely N-dealkylation sites (tertiary alicyclic amines) is 1. The molecule has 0 spiro atoms. The van der Waals surface area contributed by atoms with Gasteiger partial charge in [0.25, 0.3) is 0 Å². The van der Waals surface area contributed by atoms with E-state index < -0.39 is 11.7 Å². The summed E-state index contributed by atoms with van der Waals surface area (Å²) in [5.74, 6) is 1.37. The first kappa shape index (κ1) is 29.3. The number of carbonyl (C=O) groups excluding carboxylic acids is 1. The fourth-order valence-corrected chi connectivity index (χ4v) is 5.26. The number of methoxy groups -OCH3 is 1. The maximum Gasteiger partial charge on any atom is 0.416 e. The molecule has 1 aliphatic rings. The number of rotatable bonds is 9. The number of alkyl halides is 3. The number of nitrogens with one attached hydrogen (secondary N) is 1. The minimum atomic E-state index is -4.41. The van der Waals surface area contributed by atoms with Crippen molar-refractivity contribution >= 4 is 22.5 Å². The zero-order valence-corrected chi connectivity index (χ0v) is 23.6. The zero-order chi connectivity index (χ0) is 29.7. The van der Waals surface area contributed by atoms with Crippen LogP contribution in [0.1, 0.15) is 30.9 Å². The van der Waals surface area contributed by atoms with E-state index in [2.05, 4.69) is 27.1 Å².